The van der Waals surface area contributed by atoms with Crippen LogP contribution >= 0.6 is 0 Å². The fourth-order valence-electron chi connectivity index (χ4n) is 4.50. The molecular weight excluding hydrogens is 510 g/mol. The highest BCUT2D eigenvalue weighted by Gasteiger charge is 2.39. The van der Waals surface area contributed by atoms with E-state index in [1.807, 2.05) is 60.7 Å². The van der Waals surface area contributed by atoms with Crippen LogP contribution in [0, 0.1) is 0 Å². The minimum atomic E-state index is -5.03. The number of halogens is 6. The molecular formula is C28H26F6N2O2. The molecule has 3 aromatic carbocycles. The Hall–Kier alpha value is -3.53. The van der Waals surface area contributed by atoms with Gasteiger partial charge in [-0.1, -0.05) is 48.5 Å². The first-order valence-electron chi connectivity index (χ1n) is 12.1. The SMILES string of the molecule is O=C(c1cc(C(F)(F)F)cc(C(F)(F)F)c1)N1CCN(CCOc2ccccc2)C[C@H]1Cc1ccccc1. The Morgan fingerprint density at radius 2 is 1.39 bits per heavy atom. The van der Waals surface area contributed by atoms with Crippen molar-refractivity contribution < 1.29 is 35.9 Å². The van der Waals surface area contributed by atoms with Gasteiger partial charge >= 0.3 is 12.4 Å². The van der Waals surface area contributed by atoms with E-state index in [2.05, 4.69) is 4.90 Å². The van der Waals surface area contributed by atoms with E-state index in [-0.39, 0.29) is 12.6 Å². The number of carbonyl (C=O) groups excluding carboxylic acids is 1. The number of carbonyl (C=O) groups is 1. The number of para-hydroxylation sites is 1. The summed E-state index contributed by atoms with van der Waals surface area (Å²) in [5.41, 5.74) is -2.75. The van der Waals surface area contributed by atoms with Crippen molar-refractivity contribution in [2.24, 2.45) is 0 Å². The van der Waals surface area contributed by atoms with Gasteiger partial charge in [0.05, 0.1) is 11.1 Å². The van der Waals surface area contributed by atoms with Crippen molar-refractivity contribution in [3.63, 3.8) is 0 Å². The van der Waals surface area contributed by atoms with Crippen molar-refractivity contribution in [1.29, 1.82) is 0 Å². The predicted molar refractivity (Wildman–Crippen MR) is 130 cm³/mol. The van der Waals surface area contributed by atoms with E-state index in [1.54, 1.807) is 0 Å². The molecule has 1 aliphatic rings. The molecule has 10 heteroatoms. The zero-order valence-corrected chi connectivity index (χ0v) is 20.3. The summed E-state index contributed by atoms with van der Waals surface area (Å²) in [4.78, 5) is 16.9. The van der Waals surface area contributed by atoms with Gasteiger partial charge in [-0.2, -0.15) is 26.3 Å². The number of nitrogens with zero attached hydrogens (tertiary/aromatic N) is 2. The number of piperazine rings is 1. The van der Waals surface area contributed by atoms with Crippen LogP contribution in [-0.2, 0) is 18.8 Å². The van der Waals surface area contributed by atoms with Crippen LogP contribution in [0.1, 0.15) is 27.0 Å². The van der Waals surface area contributed by atoms with Crippen molar-refractivity contribution in [1.82, 2.24) is 9.80 Å². The fourth-order valence-corrected chi connectivity index (χ4v) is 4.50. The maximum atomic E-state index is 13.4. The van der Waals surface area contributed by atoms with Gasteiger partial charge < -0.3 is 9.64 Å². The van der Waals surface area contributed by atoms with Gasteiger partial charge in [-0.3, -0.25) is 9.69 Å². The van der Waals surface area contributed by atoms with Crippen LogP contribution in [0.15, 0.2) is 78.9 Å². The molecule has 0 unspecified atom stereocenters. The van der Waals surface area contributed by atoms with E-state index in [9.17, 15) is 31.1 Å². The molecule has 0 aromatic heterocycles. The summed E-state index contributed by atoms with van der Waals surface area (Å²) in [5, 5.41) is 0. The minimum Gasteiger partial charge on any atom is -0.492 e. The van der Waals surface area contributed by atoms with Crippen molar-refractivity contribution >= 4 is 5.91 Å². The molecule has 1 fully saturated rings. The zero-order chi connectivity index (χ0) is 27.3. The maximum Gasteiger partial charge on any atom is 0.416 e. The third-order valence-corrected chi connectivity index (χ3v) is 6.40. The lowest BCUT2D eigenvalue weighted by Gasteiger charge is -2.41. The molecule has 1 aliphatic heterocycles. The van der Waals surface area contributed by atoms with Gasteiger partial charge in [-0.25, -0.2) is 0 Å². The maximum absolute atomic E-state index is 13.4. The van der Waals surface area contributed by atoms with E-state index in [0.717, 1.165) is 5.56 Å². The minimum absolute atomic E-state index is 0.0307. The summed E-state index contributed by atoms with van der Waals surface area (Å²) < 4.78 is 86.1. The van der Waals surface area contributed by atoms with E-state index in [1.165, 1.54) is 4.90 Å². The Kier molecular flexibility index (Phi) is 8.30. The quantitative estimate of drug-likeness (QED) is 0.339. The Morgan fingerprint density at radius 1 is 0.816 bits per heavy atom. The lowest BCUT2D eigenvalue weighted by molar-refractivity contribution is -0.143. The third kappa shape index (κ3) is 7.06. The van der Waals surface area contributed by atoms with Gasteiger partial charge in [-0.05, 0) is 42.3 Å². The average molecular weight is 537 g/mol. The molecule has 0 bridgehead atoms. The second-order valence-electron chi connectivity index (χ2n) is 9.10. The molecule has 4 nitrogen and oxygen atoms in total. The second-order valence-corrected chi connectivity index (χ2v) is 9.10. The topological polar surface area (TPSA) is 32.8 Å². The van der Waals surface area contributed by atoms with Crippen LogP contribution in [0.4, 0.5) is 26.3 Å². The Morgan fingerprint density at radius 3 is 1.97 bits per heavy atom. The smallest absolute Gasteiger partial charge is 0.416 e. The zero-order valence-electron chi connectivity index (χ0n) is 20.3. The van der Waals surface area contributed by atoms with E-state index in [0.29, 0.717) is 50.5 Å². The predicted octanol–water partition coefficient (Wildman–Crippen LogP) is 6.17. The molecule has 3 aromatic rings. The van der Waals surface area contributed by atoms with Crippen LogP contribution in [0.5, 0.6) is 5.75 Å². The molecule has 0 spiro atoms. The van der Waals surface area contributed by atoms with Crippen LogP contribution in [0.2, 0.25) is 0 Å². The number of hydrogen-bond acceptors (Lipinski definition) is 3. The summed E-state index contributed by atoms with van der Waals surface area (Å²) >= 11 is 0. The van der Waals surface area contributed by atoms with Crippen molar-refractivity contribution in [2.45, 2.75) is 24.8 Å². The summed E-state index contributed by atoms with van der Waals surface area (Å²) in [6.07, 6.45) is -9.66. The molecule has 1 amide bonds. The van der Waals surface area contributed by atoms with Gasteiger partial charge in [-0.15, -0.1) is 0 Å². The molecule has 1 saturated heterocycles. The fraction of sp³-hybridized carbons (Fsp3) is 0.321. The third-order valence-electron chi connectivity index (χ3n) is 6.40. The van der Waals surface area contributed by atoms with Crippen molar-refractivity contribution in [3.8, 4) is 5.75 Å². The number of alkyl halides is 6. The average Bonchev–Trinajstić information content (AvgIpc) is 2.88. The number of amides is 1. The number of benzene rings is 3. The van der Waals surface area contributed by atoms with Crippen LogP contribution in [0.3, 0.4) is 0 Å². The van der Waals surface area contributed by atoms with Gasteiger partial charge in [0.2, 0.25) is 0 Å². The van der Waals surface area contributed by atoms with Crippen molar-refractivity contribution in [3.05, 3.63) is 101 Å². The highest BCUT2D eigenvalue weighted by molar-refractivity contribution is 5.95. The summed E-state index contributed by atoms with van der Waals surface area (Å²) in [5.74, 6) is -0.144. The summed E-state index contributed by atoms with van der Waals surface area (Å²) in [6, 6.07) is 19.0. The molecule has 4 rings (SSSR count). The Balaban J connectivity index is 1.55. The first kappa shape index (κ1) is 27.5. The molecule has 0 N–H and O–H groups in total. The molecule has 0 saturated carbocycles. The Labute approximate surface area is 216 Å². The Bertz CT molecular complexity index is 1180. The van der Waals surface area contributed by atoms with Gasteiger partial charge in [0.1, 0.15) is 12.4 Å². The molecule has 0 radical (unpaired) electrons. The first-order valence-corrected chi connectivity index (χ1v) is 12.1. The number of hydrogen-bond donors (Lipinski definition) is 0. The standard InChI is InChI=1S/C28H26F6N2O2/c29-27(30,31)22-16-21(17-23(18-22)28(32,33)34)26(37)36-12-11-35(13-14-38-25-9-5-2-6-10-25)19-24(36)15-20-7-3-1-4-8-20/h1-10,16-18,24H,11-15,19H2/t24-/m1/s1. The van der Waals surface area contributed by atoms with Gasteiger partial charge in [0.15, 0.2) is 0 Å². The highest BCUT2D eigenvalue weighted by atomic mass is 19.4. The van der Waals surface area contributed by atoms with Crippen LogP contribution < -0.4 is 4.74 Å². The van der Waals surface area contributed by atoms with E-state index in [4.69, 9.17) is 4.74 Å². The molecule has 202 valence electrons. The molecule has 38 heavy (non-hydrogen) atoms. The lowest BCUT2D eigenvalue weighted by atomic mass is 9.99. The second kappa shape index (κ2) is 11.5. The lowest BCUT2D eigenvalue weighted by Crippen LogP contribution is -2.56. The molecule has 0 aliphatic carbocycles. The van der Waals surface area contributed by atoms with Crippen molar-refractivity contribution in [2.75, 3.05) is 32.8 Å². The van der Waals surface area contributed by atoms with E-state index >= 15 is 0 Å². The number of ether oxygens (including phenoxy) is 1. The van der Waals surface area contributed by atoms with Crippen LogP contribution in [-0.4, -0.2) is 54.5 Å². The molecule has 1 atom stereocenters. The first-order chi connectivity index (χ1) is 18.0. The molecule has 1 heterocycles. The highest BCUT2D eigenvalue weighted by Crippen LogP contribution is 2.37. The largest absolute Gasteiger partial charge is 0.492 e. The number of rotatable bonds is 7. The van der Waals surface area contributed by atoms with Gasteiger partial charge in [0, 0.05) is 37.8 Å². The summed E-state index contributed by atoms with van der Waals surface area (Å²) in [6.45, 7) is 1.88. The van der Waals surface area contributed by atoms with E-state index < -0.39 is 41.0 Å². The van der Waals surface area contributed by atoms with Gasteiger partial charge in [0.25, 0.3) is 5.91 Å². The summed E-state index contributed by atoms with van der Waals surface area (Å²) in [7, 11) is 0. The van der Waals surface area contributed by atoms with Crippen LogP contribution in [0.25, 0.3) is 0 Å². The normalized spacial score (nSPS) is 16.9. The monoisotopic (exact) mass is 536 g/mol.